The number of hydrogen-bond acceptors (Lipinski definition) is 7. The van der Waals surface area contributed by atoms with E-state index >= 15 is 0 Å². The molecule has 8 heteroatoms. The fraction of sp³-hybridized carbons (Fsp3) is 0.900. The van der Waals surface area contributed by atoms with E-state index in [0.717, 1.165) is 0 Å². The second kappa shape index (κ2) is 5.91. The molecule has 1 fully saturated rings. The van der Waals surface area contributed by atoms with Crippen LogP contribution in [0.25, 0.3) is 0 Å². The van der Waals surface area contributed by atoms with Crippen LogP contribution in [0.2, 0.25) is 0 Å². The molecule has 0 bridgehead atoms. The number of hydrogen-bond donors (Lipinski definition) is 6. The highest BCUT2D eigenvalue weighted by Gasteiger charge is 2.59. The second-order valence-corrected chi connectivity index (χ2v) is 4.36. The summed E-state index contributed by atoms with van der Waals surface area (Å²) < 4.78 is 5.21. The van der Waals surface area contributed by atoms with Crippen molar-refractivity contribution in [3.8, 4) is 0 Å². The van der Waals surface area contributed by atoms with Crippen LogP contribution >= 0.6 is 0 Å². The number of ether oxygens (including phenoxy) is 1. The number of nitrogens with two attached hydrogens (primary N) is 1. The molecule has 1 aliphatic heterocycles. The van der Waals surface area contributed by atoms with E-state index in [4.69, 9.17) is 20.7 Å². The van der Waals surface area contributed by atoms with Gasteiger partial charge in [0, 0.05) is 0 Å². The summed E-state index contributed by atoms with van der Waals surface area (Å²) in [4.78, 5) is 11.2. The standard InChI is InChI=1S/C10H19NO7/c11-2-1-5(9(16)17)10(4-13)8(15)7(14)6(3-12)18-10/h5-8,12-15H,1-4,11H2,(H,16,17)/t5?,6-,7-,8+,10?/m1/s1. The Morgan fingerprint density at radius 2 is 2.00 bits per heavy atom. The first-order chi connectivity index (χ1) is 8.44. The molecule has 5 atom stereocenters. The van der Waals surface area contributed by atoms with Gasteiger partial charge in [0.2, 0.25) is 0 Å². The quantitative estimate of drug-likeness (QED) is 0.295. The van der Waals surface area contributed by atoms with Crippen LogP contribution in [0.4, 0.5) is 0 Å². The number of aliphatic hydroxyl groups is 4. The van der Waals surface area contributed by atoms with Crippen LogP contribution in [0, 0.1) is 5.92 Å². The minimum atomic E-state index is -1.85. The molecule has 0 saturated carbocycles. The van der Waals surface area contributed by atoms with Gasteiger partial charge in [-0.15, -0.1) is 0 Å². The molecule has 0 aromatic carbocycles. The maximum Gasteiger partial charge on any atom is 0.309 e. The summed E-state index contributed by atoms with van der Waals surface area (Å²) >= 11 is 0. The number of carboxylic acid groups (broad SMARTS) is 1. The number of aliphatic carboxylic acids is 1. The van der Waals surface area contributed by atoms with Gasteiger partial charge in [-0.1, -0.05) is 0 Å². The summed E-state index contributed by atoms with van der Waals surface area (Å²) in [5.74, 6) is -2.56. The first kappa shape index (κ1) is 15.3. The Balaban J connectivity index is 3.07. The zero-order valence-electron chi connectivity index (χ0n) is 9.77. The fourth-order valence-electron chi connectivity index (χ4n) is 2.33. The maximum atomic E-state index is 11.2. The highest BCUT2D eigenvalue weighted by Crippen LogP contribution is 2.38. The van der Waals surface area contributed by atoms with Gasteiger partial charge in [0.25, 0.3) is 0 Å². The summed E-state index contributed by atoms with van der Waals surface area (Å²) in [6.45, 7) is -1.36. The van der Waals surface area contributed by atoms with Crippen molar-refractivity contribution in [1.82, 2.24) is 0 Å². The monoisotopic (exact) mass is 265 g/mol. The number of aliphatic hydroxyl groups excluding tert-OH is 4. The van der Waals surface area contributed by atoms with E-state index in [1.165, 1.54) is 0 Å². The summed E-state index contributed by atoms with van der Waals surface area (Å²) in [7, 11) is 0. The van der Waals surface area contributed by atoms with Crippen molar-refractivity contribution in [2.75, 3.05) is 19.8 Å². The molecule has 1 heterocycles. The molecule has 0 aromatic rings. The van der Waals surface area contributed by atoms with Crippen molar-refractivity contribution in [3.63, 3.8) is 0 Å². The molecule has 8 nitrogen and oxygen atoms in total. The van der Waals surface area contributed by atoms with Crippen molar-refractivity contribution >= 4 is 5.97 Å². The molecular formula is C10H19NO7. The first-order valence-corrected chi connectivity index (χ1v) is 5.63. The SMILES string of the molecule is NCCC(C(=O)O)C1(CO)O[C@H](CO)[C@@H](O)[C@@H]1O. The van der Waals surface area contributed by atoms with Crippen LogP contribution in [0.5, 0.6) is 0 Å². The Morgan fingerprint density at radius 3 is 2.33 bits per heavy atom. The summed E-state index contributed by atoms with van der Waals surface area (Å²) in [5.41, 5.74) is 3.45. The Bertz CT molecular complexity index is 300. The third-order valence-corrected chi connectivity index (χ3v) is 3.35. The van der Waals surface area contributed by atoms with Gasteiger partial charge in [0.1, 0.15) is 23.9 Å². The molecule has 1 rings (SSSR count). The lowest BCUT2D eigenvalue weighted by atomic mass is 9.80. The normalized spacial score (nSPS) is 37.7. The van der Waals surface area contributed by atoms with Crippen LogP contribution in [0.1, 0.15) is 6.42 Å². The van der Waals surface area contributed by atoms with Gasteiger partial charge in [-0.05, 0) is 13.0 Å². The highest BCUT2D eigenvalue weighted by atomic mass is 16.6. The largest absolute Gasteiger partial charge is 0.481 e. The zero-order chi connectivity index (χ0) is 13.9. The van der Waals surface area contributed by atoms with Gasteiger partial charge < -0.3 is 36.0 Å². The Morgan fingerprint density at radius 1 is 1.39 bits per heavy atom. The molecule has 2 unspecified atom stereocenters. The molecule has 0 radical (unpaired) electrons. The maximum absolute atomic E-state index is 11.2. The average molecular weight is 265 g/mol. The summed E-state index contributed by atoms with van der Waals surface area (Å²) in [6, 6.07) is 0. The van der Waals surface area contributed by atoms with Crippen molar-refractivity contribution in [1.29, 1.82) is 0 Å². The molecule has 7 N–H and O–H groups in total. The molecule has 0 amide bonds. The van der Waals surface area contributed by atoms with Crippen LogP contribution in [0.3, 0.4) is 0 Å². The van der Waals surface area contributed by atoms with Crippen LogP contribution in [-0.2, 0) is 9.53 Å². The smallest absolute Gasteiger partial charge is 0.309 e. The van der Waals surface area contributed by atoms with E-state index in [2.05, 4.69) is 0 Å². The van der Waals surface area contributed by atoms with Gasteiger partial charge in [0.15, 0.2) is 0 Å². The topological polar surface area (TPSA) is 153 Å². The minimum absolute atomic E-state index is 0.0225. The lowest BCUT2D eigenvalue weighted by Gasteiger charge is -2.35. The lowest BCUT2D eigenvalue weighted by Crippen LogP contribution is -2.55. The molecule has 1 aliphatic rings. The zero-order valence-corrected chi connectivity index (χ0v) is 9.77. The van der Waals surface area contributed by atoms with Crippen molar-refractivity contribution in [3.05, 3.63) is 0 Å². The molecule has 1 saturated heterocycles. The van der Waals surface area contributed by atoms with Gasteiger partial charge in [-0.3, -0.25) is 4.79 Å². The van der Waals surface area contributed by atoms with E-state index in [1.807, 2.05) is 0 Å². The predicted octanol–water partition coefficient (Wildman–Crippen LogP) is -3.12. The molecule has 0 aromatic heterocycles. The first-order valence-electron chi connectivity index (χ1n) is 5.63. The summed E-state index contributed by atoms with van der Waals surface area (Å²) in [6.07, 6.45) is -4.22. The molecule has 18 heavy (non-hydrogen) atoms. The van der Waals surface area contributed by atoms with E-state index in [0.29, 0.717) is 0 Å². The molecule has 106 valence electrons. The highest BCUT2D eigenvalue weighted by molar-refractivity contribution is 5.72. The number of carbonyl (C=O) groups is 1. The van der Waals surface area contributed by atoms with E-state index in [1.54, 1.807) is 0 Å². The lowest BCUT2D eigenvalue weighted by molar-refractivity contribution is -0.178. The van der Waals surface area contributed by atoms with Gasteiger partial charge in [-0.2, -0.15) is 0 Å². The van der Waals surface area contributed by atoms with Crippen LogP contribution < -0.4 is 5.73 Å². The Hall–Kier alpha value is -0.770. The predicted molar refractivity (Wildman–Crippen MR) is 58.6 cm³/mol. The van der Waals surface area contributed by atoms with Gasteiger partial charge >= 0.3 is 5.97 Å². The molecule has 0 aliphatic carbocycles. The Labute approximate surface area is 104 Å². The third kappa shape index (κ3) is 2.35. The molecular weight excluding hydrogens is 246 g/mol. The second-order valence-electron chi connectivity index (χ2n) is 4.36. The average Bonchev–Trinajstić information content (AvgIpc) is 2.60. The van der Waals surface area contributed by atoms with Crippen molar-refractivity contribution < 1.29 is 35.1 Å². The third-order valence-electron chi connectivity index (χ3n) is 3.35. The van der Waals surface area contributed by atoms with Crippen molar-refractivity contribution in [2.24, 2.45) is 11.7 Å². The van der Waals surface area contributed by atoms with Gasteiger partial charge in [-0.25, -0.2) is 0 Å². The minimum Gasteiger partial charge on any atom is -0.481 e. The molecule has 0 spiro atoms. The van der Waals surface area contributed by atoms with Crippen LogP contribution in [-0.4, -0.2) is 75.2 Å². The number of rotatable bonds is 6. The van der Waals surface area contributed by atoms with Crippen molar-refractivity contribution in [2.45, 2.75) is 30.3 Å². The number of carboxylic acids is 1. The van der Waals surface area contributed by atoms with Gasteiger partial charge in [0.05, 0.1) is 19.1 Å². The Kier molecular flexibility index (Phi) is 5.02. The van der Waals surface area contributed by atoms with E-state index in [-0.39, 0.29) is 13.0 Å². The van der Waals surface area contributed by atoms with Crippen LogP contribution in [0.15, 0.2) is 0 Å². The van der Waals surface area contributed by atoms with E-state index in [9.17, 15) is 20.1 Å². The fourth-order valence-corrected chi connectivity index (χ4v) is 2.33. The van der Waals surface area contributed by atoms with E-state index < -0.39 is 49.0 Å². The summed E-state index contributed by atoms with van der Waals surface area (Å²) in [5, 5.41) is 47.0.